The Kier molecular flexibility index (Phi) is 3.19. The number of carbonyl (C=O) groups is 1. The van der Waals surface area contributed by atoms with Crippen molar-refractivity contribution in [1.29, 1.82) is 0 Å². The van der Waals surface area contributed by atoms with Gasteiger partial charge in [-0.3, -0.25) is 4.79 Å². The second kappa shape index (κ2) is 4.63. The summed E-state index contributed by atoms with van der Waals surface area (Å²) in [5, 5.41) is 15.3. The molecule has 0 bridgehead atoms. The average molecular weight is 235 g/mol. The van der Waals surface area contributed by atoms with Crippen molar-refractivity contribution in [2.45, 2.75) is 25.9 Å². The van der Waals surface area contributed by atoms with Crippen LogP contribution in [0, 0.1) is 0 Å². The number of fused-ring (bicyclic) bond motifs is 1. The van der Waals surface area contributed by atoms with Gasteiger partial charge in [0.1, 0.15) is 0 Å². The number of carbonyl (C=O) groups excluding carboxylic acids is 1. The minimum Gasteiger partial charge on any atom is -0.397 e. The van der Waals surface area contributed by atoms with Crippen molar-refractivity contribution in [1.82, 2.24) is 0 Å². The maximum Gasteiger partial charge on any atom is 0.228 e. The van der Waals surface area contributed by atoms with E-state index in [1.165, 1.54) is 0 Å². The highest BCUT2D eigenvalue weighted by atomic mass is 16.3. The molecule has 1 unspecified atom stereocenters. The molecule has 1 aliphatic heterocycles. The molecule has 1 aliphatic rings. The SMILES string of the molecule is CCC(O)CNc1cc2c(cc1N)CC(=O)N2. The second-order valence-electron chi connectivity index (χ2n) is 4.26. The molecule has 0 radical (unpaired) electrons. The molecule has 17 heavy (non-hydrogen) atoms. The molecule has 0 aliphatic carbocycles. The number of nitrogens with one attached hydrogen (secondary N) is 2. The van der Waals surface area contributed by atoms with Gasteiger partial charge in [-0.1, -0.05) is 6.92 Å². The van der Waals surface area contributed by atoms with Crippen LogP contribution in [-0.2, 0) is 11.2 Å². The molecule has 1 aromatic rings. The highest BCUT2D eigenvalue weighted by Crippen LogP contribution is 2.31. The van der Waals surface area contributed by atoms with Gasteiger partial charge < -0.3 is 21.5 Å². The van der Waals surface area contributed by atoms with E-state index in [1.807, 2.05) is 13.0 Å². The van der Waals surface area contributed by atoms with Gasteiger partial charge >= 0.3 is 0 Å². The molecule has 0 spiro atoms. The van der Waals surface area contributed by atoms with Crippen LogP contribution in [0.1, 0.15) is 18.9 Å². The zero-order valence-electron chi connectivity index (χ0n) is 9.79. The summed E-state index contributed by atoms with van der Waals surface area (Å²) in [6, 6.07) is 3.62. The molecule has 1 amide bonds. The first kappa shape index (κ1) is 11.7. The number of hydrogen-bond donors (Lipinski definition) is 4. The number of nitrogen functional groups attached to an aromatic ring is 1. The summed E-state index contributed by atoms with van der Waals surface area (Å²) in [4.78, 5) is 11.2. The smallest absolute Gasteiger partial charge is 0.228 e. The van der Waals surface area contributed by atoms with Crippen LogP contribution in [0.3, 0.4) is 0 Å². The average Bonchev–Trinajstić information content (AvgIpc) is 2.64. The van der Waals surface area contributed by atoms with Crippen LogP contribution in [0.15, 0.2) is 12.1 Å². The number of hydrogen-bond acceptors (Lipinski definition) is 4. The summed E-state index contributed by atoms with van der Waals surface area (Å²) in [5.74, 6) is -0.00913. The van der Waals surface area contributed by atoms with E-state index in [0.717, 1.165) is 16.9 Å². The Hall–Kier alpha value is -1.75. The van der Waals surface area contributed by atoms with E-state index in [4.69, 9.17) is 5.73 Å². The molecule has 0 fully saturated rings. The molecule has 0 aromatic heterocycles. The normalized spacial score (nSPS) is 15.3. The summed E-state index contributed by atoms with van der Waals surface area (Å²) < 4.78 is 0. The van der Waals surface area contributed by atoms with Crippen molar-refractivity contribution in [2.75, 3.05) is 22.9 Å². The molecule has 1 heterocycles. The molecule has 5 heteroatoms. The van der Waals surface area contributed by atoms with Crippen LogP contribution in [0.5, 0.6) is 0 Å². The highest BCUT2D eigenvalue weighted by Gasteiger charge is 2.19. The van der Waals surface area contributed by atoms with E-state index in [0.29, 0.717) is 25.1 Å². The van der Waals surface area contributed by atoms with Gasteiger partial charge in [0.25, 0.3) is 0 Å². The first-order valence-corrected chi connectivity index (χ1v) is 5.74. The predicted octanol–water partition coefficient (Wildman–Crippen LogP) is 0.946. The van der Waals surface area contributed by atoms with Gasteiger partial charge in [0.15, 0.2) is 0 Å². The van der Waals surface area contributed by atoms with Gasteiger partial charge in [-0.15, -0.1) is 0 Å². The third kappa shape index (κ3) is 2.50. The summed E-state index contributed by atoms with van der Waals surface area (Å²) >= 11 is 0. The van der Waals surface area contributed by atoms with Crippen LogP contribution < -0.4 is 16.4 Å². The summed E-state index contributed by atoms with van der Waals surface area (Å²) in [5.41, 5.74) is 8.96. The molecule has 0 saturated carbocycles. The molecular weight excluding hydrogens is 218 g/mol. The van der Waals surface area contributed by atoms with Crippen molar-refractivity contribution in [2.24, 2.45) is 0 Å². The van der Waals surface area contributed by atoms with Crippen LogP contribution in [0.4, 0.5) is 17.1 Å². The third-order valence-electron chi connectivity index (χ3n) is 2.90. The Balaban J connectivity index is 2.14. The molecule has 5 N–H and O–H groups in total. The molecule has 1 atom stereocenters. The van der Waals surface area contributed by atoms with Crippen molar-refractivity contribution in [3.8, 4) is 0 Å². The quantitative estimate of drug-likeness (QED) is 0.585. The van der Waals surface area contributed by atoms with Crippen LogP contribution >= 0.6 is 0 Å². The molecule has 1 aromatic carbocycles. The van der Waals surface area contributed by atoms with Gasteiger partial charge in [-0.25, -0.2) is 0 Å². The Morgan fingerprint density at radius 3 is 3.06 bits per heavy atom. The molecule has 0 saturated heterocycles. The van der Waals surface area contributed by atoms with Gasteiger partial charge in [0, 0.05) is 12.2 Å². The number of aliphatic hydroxyl groups is 1. The van der Waals surface area contributed by atoms with Crippen LogP contribution in [-0.4, -0.2) is 23.7 Å². The fraction of sp³-hybridized carbons (Fsp3) is 0.417. The number of nitrogens with two attached hydrogens (primary N) is 1. The van der Waals surface area contributed by atoms with Gasteiger partial charge in [0.2, 0.25) is 5.91 Å². The number of amides is 1. The van der Waals surface area contributed by atoms with Gasteiger partial charge in [0.05, 0.1) is 23.9 Å². The lowest BCUT2D eigenvalue weighted by atomic mass is 10.1. The molecule has 5 nitrogen and oxygen atoms in total. The number of anilines is 3. The fourth-order valence-corrected chi connectivity index (χ4v) is 1.82. The number of benzene rings is 1. The first-order chi connectivity index (χ1) is 8.10. The maximum atomic E-state index is 11.2. The lowest BCUT2D eigenvalue weighted by Gasteiger charge is -2.14. The van der Waals surface area contributed by atoms with Crippen molar-refractivity contribution >= 4 is 23.0 Å². The van der Waals surface area contributed by atoms with Gasteiger partial charge in [-0.2, -0.15) is 0 Å². The van der Waals surface area contributed by atoms with E-state index < -0.39 is 6.10 Å². The molecular formula is C12H17N3O2. The Labute approximate surface area is 100 Å². The zero-order valence-corrected chi connectivity index (χ0v) is 9.79. The Morgan fingerprint density at radius 2 is 2.35 bits per heavy atom. The largest absolute Gasteiger partial charge is 0.397 e. The Bertz CT molecular complexity index is 446. The van der Waals surface area contributed by atoms with Crippen LogP contribution in [0.2, 0.25) is 0 Å². The maximum absolute atomic E-state index is 11.2. The minimum absolute atomic E-state index is 0.00913. The molecule has 2 rings (SSSR count). The molecule has 92 valence electrons. The number of aliphatic hydroxyl groups excluding tert-OH is 1. The monoisotopic (exact) mass is 235 g/mol. The van der Waals surface area contributed by atoms with E-state index in [2.05, 4.69) is 10.6 Å². The van der Waals surface area contributed by atoms with Crippen molar-refractivity contribution in [3.05, 3.63) is 17.7 Å². The topological polar surface area (TPSA) is 87.4 Å². The summed E-state index contributed by atoms with van der Waals surface area (Å²) in [6.07, 6.45) is 0.684. The Morgan fingerprint density at radius 1 is 1.59 bits per heavy atom. The third-order valence-corrected chi connectivity index (χ3v) is 2.90. The van der Waals surface area contributed by atoms with Crippen molar-refractivity contribution in [3.63, 3.8) is 0 Å². The fourth-order valence-electron chi connectivity index (χ4n) is 1.82. The van der Waals surface area contributed by atoms with Crippen LogP contribution in [0.25, 0.3) is 0 Å². The minimum atomic E-state index is -0.391. The number of rotatable bonds is 4. The zero-order chi connectivity index (χ0) is 12.4. The lowest BCUT2D eigenvalue weighted by Crippen LogP contribution is -2.18. The second-order valence-corrected chi connectivity index (χ2v) is 4.26. The first-order valence-electron chi connectivity index (χ1n) is 5.74. The van der Waals surface area contributed by atoms with E-state index in [-0.39, 0.29) is 5.91 Å². The van der Waals surface area contributed by atoms with Gasteiger partial charge in [-0.05, 0) is 24.1 Å². The highest BCUT2D eigenvalue weighted by molar-refractivity contribution is 6.00. The lowest BCUT2D eigenvalue weighted by molar-refractivity contribution is -0.115. The van der Waals surface area contributed by atoms with E-state index in [9.17, 15) is 9.90 Å². The van der Waals surface area contributed by atoms with E-state index in [1.54, 1.807) is 6.07 Å². The van der Waals surface area contributed by atoms with Crippen molar-refractivity contribution < 1.29 is 9.90 Å². The predicted molar refractivity (Wildman–Crippen MR) is 68.0 cm³/mol. The van der Waals surface area contributed by atoms with E-state index >= 15 is 0 Å². The summed E-state index contributed by atoms with van der Waals surface area (Å²) in [7, 11) is 0. The standard InChI is InChI=1S/C12H17N3O2/c1-2-8(16)6-14-11-5-10-7(3-9(11)13)4-12(17)15-10/h3,5,8,14,16H,2,4,6,13H2,1H3,(H,15,17). The summed E-state index contributed by atoms with van der Waals surface area (Å²) in [6.45, 7) is 2.37.